The largest absolute Gasteiger partial charge is 0.321 e. The van der Waals surface area contributed by atoms with Gasteiger partial charge in [-0.3, -0.25) is 20.0 Å². The molecule has 3 rings (SSSR count). The number of nitrogens with zero attached hydrogens (tertiary/aromatic N) is 3. The maximum Gasteiger partial charge on any atom is 0.270 e. The molecular formula is C19H12FN5O3. The van der Waals surface area contributed by atoms with Crippen LogP contribution in [0.1, 0.15) is 5.56 Å². The van der Waals surface area contributed by atoms with E-state index in [9.17, 15) is 24.6 Å². The molecule has 0 bridgehead atoms. The predicted molar refractivity (Wildman–Crippen MR) is 99.3 cm³/mol. The fourth-order valence-electron chi connectivity index (χ4n) is 2.45. The van der Waals surface area contributed by atoms with Crippen LogP contribution >= 0.6 is 0 Å². The summed E-state index contributed by atoms with van der Waals surface area (Å²) in [5.74, 6) is -1.13. The second kappa shape index (κ2) is 7.92. The highest BCUT2D eigenvalue weighted by Crippen LogP contribution is 2.26. The standard InChI is InChI=1S/C19H12FN5O3/c20-15-4-6-16(7-5-15)23-19(26)13(10-21)8-14-11-22-24-18(14)12-2-1-3-17(9-12)25(27)28/h1-9,11H,(H,22,24)(H,23,26). The van der Waals surface area contributed by atoms with Gasteiger partial charge in [0.25, 0.3) is 11.6 Å². The Labute approximate surface area is 158 Å². The van der Waals surface area contributed by atoms with Gasteiger partial charge in [-0.05, 0) is 30.3 Å². The molecule has 2 aromatic carbocycles. The smallest absolute Gasteiger partial charge is 0.270 e. The van der Waals surface area contributed by atoms with Gasteiger partial charge in [-0.1, -0.05) is 12.1 Å². The zero-order valence-corrected chi connectivity index (χ0v) is 14.2. The molecule has 28 heavy (non-hydrogen) atoms. The summed E-state index contributed by atoms with van der Waals surface area (Å²) in [6.45, 7) is 0. The van der Waals surface area contributed by atoms with Crippen molar-refractivity contribution < 1.29 is 14.1 Å². The van der Waals surface area contributed by atoms with Gasteiger partial charge in [0.2, 0.25) is 0 Å². The van der Waals surface area contributed by atoms with Crippen molar-refractivity contribution in [1.82, 2.24) is 10.2 Å². The summed E-state index contributed by atoms with van der Waals surface area (Å²) in [4.78, 5) is 22.8. The Hall–Kier alpha value is -4.32. The number of aromatic nitrogens is 2. The van der Waals surface area contributed by atoms with Crippen LogP contribution in [0, 0.1) is 27.3 Å². The zero-order chi connectivity index (χ0) is 20.1. The van der Waals surface area contributed by atoms with Crippen LogP contribution in [0.2, 0.25) is 0 Å². The van der Waals surface area contributed by atoms with Crippen molar-refractivity contribution in [3.8, 4) is 17.3 Å². The predicted octanol–water partition coefficient (Wildman–Crippen LogP) is 3.67. The quantitative estimate of drug-likeness (QED) is 0.304. The second-order valence-electron chi connectivity index (χ2n) is 5.64. The average Bonchev–Trinajstić information content (AvgIpc) is 3.16. The molecule has 138 valence electrons. The number of halogens is 1. The number of nitro groups is 1. The van der Waals surface area contributed by atoms with Crippen LogP contribution in [0.25, 0.3) is 17.3 Å². The first-order valence-corrected chi connectivity index (χ1v) is 7.95. The van der Waals surface area contributed by atoms with Crippen molar-refractivity contribution in [2.75, 3.05) is 5.32 Å². The maximum absolute atomic E-state index is 13.0. The van der Waals surface area contributed by atoms with E-state index in [1.807, 2.05) is 0 Å². The maximum atomic E-state index is 13.0. The minimum atomic E-state index is -0.680. The van der Waals surface area contributed by atoms with E-state index in [-0.39, 0.29) is 11.3 Å². The number of H-pyrrole nitrogens is 1. The van der Waals surface area contributed by atoms with Crippen molar-refractivity contribution in [3.05, 3.63) is 81.8 Å². The lowest BCUT2D eigenvalue weighted by atomic mass is 10.1. The molecule has 8 nitrogen and oxygen atoms in total. The number of hydrogen-bond donors (Lipinski definition) is 2. The van der Waals surface area contributed by atoms with Crippen LogP contribution in [-0.2, 0) is 4.79 Å². The van der Waals surface area contributed by atoms with Crippen LogP contribution in [0.4, 0.5) is 15.8 Å². The Kier molecular flexibility index (Phi) is 5.23. The Balaban J connectivity index is 1.90. The van der Waals surface area contributed by atoms with Gasteiger partial charge in [0, 0.05) is 28.9 Å². The molecule has 0 fully saturated rings. The number of carbonyl (C=O) groups is 1. The van der Waals surface area contributed by atoms with Crippen LogP contribution in [0.5, 0.6) is 0 Å². The molecule has 3 aromatic rings. The number of benzene rings is 2. The Bertz CT molecular complexity index is 1110. The number of amides is 1. The van der Waals surface area contributed by atoms with Gasteiger partial charge in [-0.25, -0.2) is 4.39 Å². The van der Waals surface area contributed by atoms with Gasteiger partial charge in [0.1, 0.15) is 17.5 Å². The van der Waals surface area contributed by atoms with E-state index in [1.54, 1.807) is 12.1 Å². The summed E-state index contributed by atoms with van der Waals surface area (Å²) in [5.41, 5.74) is 1.33. The molecule has 0 aliphatic heterocycles. The molecule has 2 N–H and O–H groups in total. The van der Waals surface area contributed by atoms with E-state index in [4.69, 9.17) is 0 Å². The number of nitro benzene ring substituents is 1. The Morgan fingerprint density at radius 3 is 2.71 bits per heavy atom. The van der Waals surface area contributed by atoms with Gasteiger partial charge < -0.3 is 5.32 Å². The van der Waals surface area contributed by atoms with Gasteiger partial charge in [-0.15, -0.1) is 0 Å². The summed E-state index contributed by atoms with van der Waals surface area (Å²) in [5, 5.41) is 29.4. The first kappa shape index (κ1) is 18.5. The molecule has 0 saturated carbocycles. The van der Waals surface area contributed by atoms with E-state index in [2.05, 4.69) is 15.5 Å². The lowest BCUT2D eigenvalue weighted by Gasteiger charge is -2.04. The molecule has 0 atom stereocenters. The minimum Gasteiger partial charge on any atom is -0.321 e. The van der Waals surface area contributed by atoms with Crippen molar-refractivity contribution in [1.29, 1.82) is 5.26 Å². The monoisotopic (exact) mass is 377 g/mol. The molecule has 1 heterocycles. The third-order valence-electron chi connectivity index (χ3n) is 3.78. The van der Waals surface area contributed by atoms with Gasteiger partial charge in [0.15, 0.2) is 0 Å². The Morgan fingerprint density at radius 2 is 2.04 bits per heavy atom. The molecule has 0 aliphatic rings. The molecule has 0 unspecified atom stereocenters. The number of anilines is 1. The fraction of sp³-hybridized carbons (Fsp3) is 0. The lowest BCUT2D eigenvalue weighted by Crippen LogP contribution is -2.13. The lowest BCUT2D eigenvalue weighted by molar-refractivity contribution is -0.384. The summed E-state index contributed by atoms with van der Waals surface area (Å²) in [6, 6.07) is 12.8. The number of hydrogen-bond acceptors (Lipinski definition) is 5. The molecular weight excluding hydrogens is 365 g/mol. The van der Waals surface area contributed by atoms with Crippen LogP contribution in [0.15, 0.2) is 60.3 Å². The Morgan fingerprint density at radius 1 is 1.29 bits per heavy atom. The highest BCUT2D eigenvalue weighted by atomic mass is 19.1. The first-order chi connectivity index (χ1) is 13.5. The van der Waals surface area contributed by atoms with Crippen LogP contribution in [0.3, 0.4) is 0 Å². The topological polar surface area (TPSA) is 125 Å². The number of nitriles is 1. The number of non-ortho nitro benzene ring substituents is 1. The fourth-order valence-corrected chi connectivity index (χ4v) is 2.45. The summed E-state index contributed by atoms with van der Waals surface area (Å²) in [6.07, 6.45) is 2.72. The SMILES string of the molecule is N#CC(=Cc1cn[nH]c1-c1cccc([N+](=O)[O-])c1)C(=O)Nc1ccc(F)cc1. The highest BCUT2D eigenvalue weighted by molar-refractivity contribution is 6.10. The third-order valence-corrected chi connectivity index (χ3v) is 3.78. The molecule has 0 radical (unpaired) electrons. The number of nitrogens with one attached hydrogen (secondary N) is 2. The number of rotatable bonds is 5. The highest BCUT2D eigenvalue weighted by Gasteiger charge is 2.14. The summed E-state index contributed by atoms with van der Waals surface area (Å²) < 4.78 is 13.0. The van der Waals surface area contributed by atoms with E-state index >= 15 is 0 Å². The van der Waals surface area contributed by atoms with Crippen LogP contribution < -0.4 is 5.32 Å². The third kappa shape index (κ3) is 4.08. The molecule has 0 spiro atoms. The van der Waals surface area contributed by atoms with Gasteiger partial charge in [-0.2, -0.15) is 10.4 Å². The van der Waals surface area contributed by atoms with Crippen LogP contribution in [-0.4, -0.2) is 21.0 Å². The van der Waals surface area contributed by atoms with E-state index in [0.29, 0.717) is 22.5 Å². The molecule has 1 amide bonds. The molecule has 0 saturated heterocycles. The molecule has 1 aromatic heterocycles. The van der Waals surface area contributed by atoms with Crippen molar-refractivity contribution in [3.63, 3.8) is 0 Å². The average molecular weight is 377 g/mol. The molecule has 0 aliphatic carbocycles. The van der Waals surface area contributed by atoms with E-state index in [0.717, 1.165) is 0 Å². The normalized spacial score (nSPS) is 10.9. The minimum absolute atomic E-state index is 0.100. The van der Waals surface area contributed by atoms with Crippen molar-refractivity contribution in [2.45, 2.75) is 0 Å². The van der Waals surface area contributed by atoms with Crippen molar-refractivity contribution >= 4 is 23.4 Å². The van der Waals surface area contributed by atoms with Gasteiger partial charge in [0.05, 0.1) is 16.8 Å². The number of carbonyl (C=O) groups excluding carboxylic acids is 1. The van der Waals surface area contributed by atoms with E-state index in [1.165, 1.54) is 54.7 Å². The first-order valence-electron chi connectivity index (χ1n) is 7.95. The molecule has 9 heteroatoms. The zero-order valence-electron chi connectivity index (χ0n) is 14.2. The summed E-state index contributed by atoms with van der Waals surface area (Å²) in [7, 11) is 0. The van der Waals surface area contributed by atoms with E-state index < -0.39 is 16.6 Å². The van der Waals surface area contributed by atoms with Gasteiger partial charge >= 0.3 is 0 Å². The van der Waals surface area contributed by atoms with Crippen molar-refractivity contribution in [2.24, 2.45) is 0 Å². The second-order valence-corrected chi connectivity index (χ2v) is 5.64. The summed E-state index contributed by atoms with van der Waals surface area (Å²) >= 11 is 0. The number of aromatic amines is 1.